The quantitative estimate of drug-likeness (QED) is 0.446. The van der Waals surface area contributed by atoms with Crippen LogP contribution in [-0.2, 0) is 11.3 Å². The third kappa shape index (κ3) is 5.85. The molecule has 0 bridgehead atoms. The van der Waals surface area contributed by atoms with Gasteiger partial charge in [-0.3, -0.25) is 4.79 Å². The summed E-state index contributed by atoms with van der Waals surface area (Å²) in [6.07, 6.45) is 1.48. The number of ether oxygens (including phenoxy) is 2. The zero-order chi connectivity index (χ0) is 20.5. The smallest absolute Gasteiger partial charge is 0.262 e. The molecule has 0 aliphatic carbocycles. The van der Waals surface area contributed by atoms with Crippen molar-refractivity contribution in [3.8, 4) is 23.6 Å². The molecule has 0 saturated heterocycles. The van der Waals surface area contributed by atoms with Crippen LogP contribution in [0.3, 0.4) is 0 Å². The molecule has 28 heavy (non-hydrogen) atoms. The third-order valence-electron chi connectivity index (χ3n) is 3.59. The third-order valence-corrected chi connectivity index (χ3v) is 4.77. The van der Waals surface area contributed by atoms with Gasteiger partial charge >= 0.3 is 0 Å². The molecule has 0 atom stereocenters. The standard InChI is InChI=1S/C20H15Br2N3O3/c1-27-16-4-2-13(3-5-16)12-25-20(26)15(11-24)8-14-9-17(21)19(18(22)10-14)28-7-6-23/h2-5,8-10H,7,12H2,1H3,(H,25,26)/b15-8-. The molecule has 8 heteroatoms. The second-order valence-corrected chi connectivity index (χ2v) is 7.17. The van der Waals surface area contributed by atoms with Gasteiger partial charge in [0.1, 0.15) is 29.2 Å². The molecule has 0 fully saturated rings. The van der Waals surface area contributed by atoms with E-state index in [1.807, 2.05) is 24.3 Å². The van der Waals surface area contributed by atoms with Crippen LogP contribution in [0, 0.1) is 22.7 Å². The molecule has 1 N–H and O–H groups in total. The van der Waals surface area contributed by atoms with Gasteiger partial charge in [0.2, 0.25) is 0 Å². The molecule has 2 rings (SSSR count). The minimum atomic E-state index is -0.477. The second-order valence-electron chi connectivity index (χ2n) is 5.46. The van der Waals surface area contributed by atoms with Crippen LogP contribution in [0.1, 0.15) is 11.1 Å². The molecule has 0 aliphatic rings. The fourth-order valence-electron chi connectivity index (χ4n) is 2.24. The van der Waals surface area contributed by atoms with Gasteiger partial charge in [0, 0.05) is 6.54 Å². The van der Waals surface area contributed by atoms with Gasteiger partial charge in [-0.1, -0.05) is 12.1 Å². The number of carbonyl (C=O) groups is 1. The summed E-state index contributed by atoms with van der Waals surface area (Å²) in [6, 6.07) is 14.5. The van der Waals surface area contributed by atoms with Gasteiger partial charge in [-0.25, -0.2) is 0 Å². The number of nitrogens with one attached hydrogen (secondary N) is 1. The first-order chi connectivity index (χ1) is 13.5. The summed E-state index contributed by atoms with van der Waals surface area (Å²) in [6.45, 7) is 0.194. The van der Waals surface area contributed by atoms with E-state index < -0.39 is 5.91 Å². The van der Waals surface area contributed by atoms with Gasteiger partial charge in [-0.15, -0.1) is 0 Å². The Kier molecular flexibility index (Phi) is 8.06. The van der Waals surface area contributed by atoms with Crippen molar-refractivity contribution in [1.29, 1.82) is 10.5 Å². The van der Waals surface area contributed by atoms with Crippen molar-refractivity contribution in [3.05, 3.63) is 62.0 Å². The first kappa shape index (κ1) is 21.5. The van der Waals surface area contributed by atoms with Crippen LogP contribution in [-0.4, -0.2) is 19.6 Å². The van der Waals surface area contributed by atoms with E-state index in [2.05, 4.69) is 37.2 Å². The summed E-state index contributed by atoms with van der Waals surface area (Å²) in [7, 11) is 1.58. The number of rotatable bonds is 7. The maximum absolute atomic E-state index is 12.3. The first-order valence-corrected chi connectivity index (χ1v) is 9.58. The van der Waals surface area contributed by atoms with E-state index in [0.717, 1.165) is 11.3 Å². The molecule has 2 aromatic carbocycles. The molecule has 0 unspecified atom stereocenters. The lowest BCUT2D eigenvalue weighted by atomic mass is 10.1. The average Bonchev–Trinajstić information content (AvgIpc) is 2.70. The summed E-state index contributed by atoms with van der Waals surface area (Å²) in [5.74, 6) is 0.725. The van der Waals surface area contributed by atoms with Gasteiger partial charge in [0.15, 0.2) is 6.61 Å². The highest BCUT2D eigenvalue weighted by atomic mass is 79.9. The van der Waals surface area contributed by atoms with E-state index in [1.54, 1.807) is 31.4 Å². The zero-order valence-corrected chi connectivity index (χ0v) is 18.0. The van der Waals surface area contributed by atoms with Crippen molar-refractivity contribution in [2.24, 2.45) is 0 Å². The number of benzene rings is 2. The molecule has 0 heterocycles. The van der Waals surface area contributed by atoms with E-state index >= 15 is 0 Å². The van der Waals surface area contributed by atoms with E-state index in [-0.39, 0.29) is 18.7 Å². The van der Waals surface area contributed by atoms with Crippen LogP contribution < -0.4 is 14.8 Å². The normalized spacial score (nSPS) is 10.5. The number of carbonyl (C=O) groups excluding carboxylic acids is 1. The molecule has 2 aromatic rings. The van der Waals surface area contributed by atoms with Crippen LogP contribution in [0.5, 0.6) is 11.5 Å². The lowest BCUT2D eigenvalue weighted by Crippen LogP contribution is -2.23. The zero-order valence-electron chi connectivity index (χ0n) is 14.8. The molecule has 6 nitrogen and oxygen atoms in total. The Balaban J connectivity index is 2.12. The highest BCUT2D eigenvalue weighted by Crippen LogP contribution is 2.35. The molecule has 1 amide bonds. The SMILES string of the molecule is COc1ccc(CNC(=O)/C(C#N)=C\c2cc(Br)c(OCC#N)c(Br)c2)cc1. The monoisotopic (exact) mass is 503 g/mol. The number of nitriles is 2. The van der Waals surface area contributed by atoms with Crippen LogP contribution in [0.4, 0.5) is 0 Å². The average molecular weight is 505 g/mol. The Labute approximate surface area is 179 Å². The summed E-state index contributed by atoms with van der Waals surface area (Å²) in [5.41, 5.74) is 1.48. The van der Waals surface area contributed by atoms with Crippen molar-refractivity contribution in [2.45, 2.75) is 6.54 Å². The molecule has 0 aliphatic heterocycles. The van der Waals surface area contributed by atoms with E-state index in [9.17, 15) is 10.1 Å². The van der Waals surface area contributed by atoms with Crippen LogP contribution in [0.15, 0.2) is 50.9 Å². The first-order valence-electron chi connectivity index (χ1n) is 8.00. The molecule has 0 radical (unpaired) electrons. The highest BCUT2D eigenvalue weighted by Gasteiger charge is 2.12. The second kappa shape index (κ2) is 10.5. The molecular weight excluding hydrogens is 490 g/mol. The van der Waals surface area contributed by atoms with E-state index in [4.69, 9.17) is 14.7 Å². The van der Waals surface area contributed by atoms with Crippen molar-refractivity contribution in [1.82, 2.24) is 5.32 Å². The number of methoxy groups -OCH3 is 1. The Morgan fingerprint density at radius 3 is 2.36 bits per heavy atom. The minimum absolute atomic E-state index is 0.0296. The van der Waals surface area contributed by atoms with Crippen LogP contribution in [0.2, 0.25) is 0 Å². The van der Waals surface area contributed by atoms with Crippen LogP contribution in [0.25, 0.3) is 6.08 Å². The molecule has 0 aromatic heterocycles. The number of hydrogen-bond donors (Lipinski definition) is 1. The van der Waals surface area contributed by atoms with Crippen molar-refractivity contribution in [2.75, 3.05) is 13.7 Å². The summed E-state index contributed by atoms with van der Waals surface area (Å²) < 4.78 is 11.6. The van der Waals surface area contributed by atoms with E-state index in [0.29, 0.717) is 20.3 Å². The fraction of sp³-hybridized carbons (Fsp3) is 0.150. The molecule has 0 spiro atoms. The van der Waals surface area contributed by atoms with Gasteiger partial charge < -0.3 is 14.8 Å². The maximum atomic E-state index is 12.3. The Morgan fingerprint density at radius 1 is 1.18 bits per heavy atom. The van der Waals surface area contributed by atoms with Gasteiger partial charge in [0.25, 0.3) is 5.91 Å². The fourth-order valence-corrected chi connectivity index (χ4v) is 3.69. The van der Waals surface area contributed by atoms with Crippen molar-refractivity contribution in [3.63, 3.8) is 0 Å². The summed E-state index contributed by atoms with van der Waals surface area (Å²) >= 11 is 6.73. The Morgan fingerprint density at radius 2 is 1.82 bits per heavy atom. The van der Waals surface area contributed by atoms with Gasteiger partial charge in [-0.2, -0.15) is 10.5 Å². The maximum Gasteiger partial charge on any atom is 0.262 e. The van der Waals surface area contributed by atoms with Gasteiger partial charge in [-0.05, 0) is 73.3 Å². The Bertz CT molecular complexity index is 951. The molecule has 142 valence electrons. The molecular formula is C20H15Br2N3O3. The predicted molar refractivity (Wildman–Crippen MR) is 111 cm³/mol. The topological polar surface area (TPSA) is 95.1 Å². The number of hydrogen-bond acceptors (Lipinski definition) is 5. The minimum Gasteiger partial charge on any atom is -0.497 e. The van der Waals surface area contributed by atoms with Crippen molar-refractivity contribution >= 4 is 43.8 Å². The Hall–Kier alpha value is -2.81. The number of nitrogens with zero attached hydrogens (tertiary/aromatic N) is 2. The predicted octanol–water partition coefficient (Wildman–Crippen LogP) is 4.35. The lowest BCUT2D eigenvalue weighted by molar-refractivity contribution is -0.117. The largest absolute Gasteiger partial charge is 0.497 e. The highest BCUT2D eigenvalue weighted by molar-refractivity contribution is 9.11. The number of amides is 1. The number of halogens is 2. The van der Waals surface area contributed by atoms with Crippen molar-refractivity contribution < 1.29 is 14.3 Å². The van der Waals surface area contributed by atoms with Crippen LogP contribution >= 0.6 is 31.9 Å². The van der Waals surface area contributed by atoms with E-state index in [1.165, 1.54) is 6.08 Å². The summed E-state index contributed by atoms with van der Waals surface area (Å²) in [5, 5.41) is 20.7. The molecule has 0 saturated carbocycles. The summed E-state index contributed by atoms with van der Waals surface area (Å²) in [4.78, 5) is 12.3. The van der Waals surface area contributed by atoms with Gasteiger partial charge in [0.05, 0.1) is 16.1 Å². The lowest BCUT2D eigenvalue weighted by Gasteiger charge is -2.09.